The molecule has 12 heavy (non-hydrogen) atoms. The molecule has 3 nitrogen and oxygen atoms in total. The summed E-state index contributed by atoms with van der Waals surface area (Å²) in [5.74, 6) is -0.234. The van der Waals surface area contributed by atoms with Gasteiger partial charge in [0.05, 0.1) is 0 Å². The van der Waals surface area contributed by atoms with E-state index >= 15 is 0 Å². The van der Waals surface area contributed by atoms with E-state index in [1.807, 2.05) is 0 Å². The third kappa shape index (κ3) is 3.53. The Morgan fingerprint density at radius 3 is 3.08 bits per heavy atom. The second-order valence-corrected chi connectivity index (χ2v) is 3.14. The predicted molar refractivity (Wildman–Crippen MR) is 48.6 cm³/mol. The number of nitrogens with two attached hydrogens (primary N) is 1. The molecule has 0 radical (unpaired) electrons. The van der Waals surface area contributed by atoms with Crippen LogP contribution in [0.15, 0.2) is 12.2 Å². The van der Waals surface area contributed by atoms with Crippen LogP contribution in [-0.4, -0.2) is 18.5 Å². The quantitative estimate of drug-likeness (QED) is 0.603. The predicted octanol–water partition coefficient (Wildman–Crippen LogP) is 0.560. The Morgan fingerprint density at radius 2 is 2.50 bits per heavy atom. The van der Waals surface area contributed by atoms with Crippen molar-refractivity contribution >= 4 is 5.91 Å². The molecule has 3 N–H and O–H groups in total. The van der Waals surface area contributed by atoms with Crippen molar-refractivity contribution in [1.29, 1.82) is 0 Å². The molecule has 0 aromatic rings. The first-order chi connectivity index (χ1) is 5.79. The maximum Gasteiger partial charge on any atom is 0.218 e. The van der Waals surface area contributed by atoms with Crippen molar-refractivity contribution in [3.05, 3.63) is 12.2 Å². The zero-order chi connectivity index (χ0) is 8.81. The summed E-state index contributed by atoms with van der Waals surface area (Å²) in [6, 6.07) is 0.457. The first-order valence-corrected chi connectivity index (χ1v) is 4.47. The Kier molecular flexibility index (Phi) is 3.80. The zero-order valence-electron chi connectivity index (χ0n) is 7.25. The van der Waals surface area contributed by atoms with Crippen LogP contribution in [0.5, 0.6) is 0 Å². The van der Waals surface area contributed by atoms with Gasteiger partial charge in [0.15, 0.2) is 0 Å². The zero-order valence-corrected chi connectivity index (χ0v) is 7.25. The number of amides is 1. The van der Waals surface area contributed by atoms with Crippen molar-refractivity contribution in [2.45, 2.75) is 31.7 Å². The lowest BCUT2D eigenvalue weighted by molar-refractivity contribution is -0.117. The van der Waals surface area contributed by atoms with Gasteiger partial charge in [0.2, 0.25) is 5.91 Å². The van der Waals surface area contributed by atoms with Gasteiger partial charge in [0, 0.05) is 19.0 Å². The summed E-state index contributed by atoms with van der Waals surface area (Å²) in [5, 5.41) is 3.27. The summed E-state index contributed by atoms with van der Waals surface area (Å²) in [6.07, 6.45) is 8.40. The minimum absolute atomic E-state index is 0.234. The molecule has 0 saturated heterocycles. The average Bonchev–Trinajstić information content (AvgIpc) is 2.05. The lowest BCUT2D eigenvalue weighted by Gasteiger charge is -2.17. The third-order valence-corrected chi connectivity index (χ3v) is 2.03. The summed E-state index contributed by atoms with van der Waals surface area (Å²) in [7, 11) is 0. The monoisotopic (exact) mass is 168 g/mol. The van der Waals surface area contributed by atoms with Gasteiger partial charge >= 0.3 is 0 Å². The maximum atomic E-state index is 10.4. The molecule has 0 aliphatic heterocycles. The van der Waals surface area contributed by atoms with Crippen molar-refractivity contribution in [1.82, 2.24) is 5.32 Å². The number of carbonyl (C=O) groups is 1. The minimum Gasteiger partial charge on any atom is -0.370 e. The van der Waals surface area contributed by atoms with E-state index in [4.69, 9.17) is 5.73 Å². The summed E-state index contributed by atoms with van der Waals surface area (Å²) in [4.78, 5) is 10.4. The number of rotatable bonds is 4. The molecule has 1 rings (SSSR count). The first kappa shape index (κ1) is 9.26. The van der Waals surface area contributed by atoms with E-state index in [-0.39, 0.29) is 5.91 Å². The van der Waals surface area contributed by atoms with Gasteiger partial charge < -0.3 is 11.1 Å². The van der Waals surface area contributed by atoms with Crippen molar-refractivity contribution in [3.63, 3.8) is 0 Å². The molecular formula is C9H16N2O. The van der Waals surface area contributed by atoms with Gasteiger partial charge in [-0.1, -0.05) is 12.2 Å². The van der Waals surface area contributed by atoms with Crippen LogP contribution in [0.2, 0.25) is 0 Å². The molecule has 1 unspecified atom stereocenters. The molecule has 0 aromatic carbocycles. The van der Waals surface area contributed by atoms with Crippen molar-refractivity contribution < 1.29 is 4.79 Å². The number of hydrogen-bond donors (Lipinski definition) is 2. The SMILES string of the molecule is NC(=O)CCNC1C=CCCC1. The molecule has 1 atom stereocenters. The van der Waals surface area contributed by atoms with Crippen molar-refractivity contribution in [3.8, 4) is 0 Å². The highest BCUT2D eigenvalue weighted by atomic mass is 16.1. The molecule has 0 fully saturated rings. The van der Waals surface area contributed by atoms with Crippen molar-refractivity contribution in [2.24, 2.45) is 5.73 Å². The molecule has 3 heteroatoms. The highest BCUT2D eigenvalue weighted by Gasteiger charge is 2.06. The van der Waals surface area contributed by atoms with Crippen LogP contribution in [0.25, 0.3) is 0 Å². The molecule has 0 saturated carbocycles. The van der Waals surface area contributed by atoms with E-state index in [0.717, 1.165) is 0 Å². The topological polar surface area (TPSA) is 55.1 Å². The smallest absolute Gasteiger partial charge is 0.218 e. The Bertz CT molecular complexity index is 177. The van der Waals surface area contributed by atoms with Crippen LogP contribution < -0.4 is 11.1 Å². The highest BCUT2D eigenvalue weighted by Crippen LogP contribution is 2.09. The summed E-state index contributed by atoms with van der Waals surface area (Å²) >= 11 is 0. The molecule has 1 amide bonds. The van der Waals surface area contributed by atoms with Gasteiger partial charge in [0.1, 0.15) is 0 Å². The molecule has 0 bridgehead atoms. The summed E-state index contributed by atoms with van der Waals surface area (Å²) in [6.45, 7) is 0.699. The molecule has 1 aliphatic carbocycles. The Balaban J connectivity index is 2.09. The largest absolute Gasteiger partial charge is 0.370 e. The summed E-state index contributed by atoms with van der Waals surface area (Å²) < 4.78 is 0. The van der Waals surface area contributed by atoms with Gasteiger partial charge in [-0.2, -0.15) is 0 Å². The molecule has 1 aliphatic rings. The third-order valence-electron chi connectivity index (χ3n) is 2.03. The fourth-order valence-electron chi connectivity index (χ4n) is 1.36. The second kappa shape index (κ2) is 4.93. The van der Waals surface area contributed by atoms with E-state index in [2.05, 4.69) is 17.5 Å². The standard InChI is InChI=1S/C9H16N2O/c10-9(12)6-7-11-8-4-2-1-3-5-8/h2,4,8,11H,1,3,5-7H2,(H2,10,12). The van der Waals surface area contributed by atoms with E-state index in [0.29, 0.717) is 19.0 Å². The number of hydrogen-bond acceptors (Lipinski definition) is 2. The number of allylic oxidation sites excluding steroid dienone is 1. The lowest BCUT2D eigenvalue weighted by atomic mass is 10.0. The van der Waals surface area contributed by atoms with Crippen LogP contribution >= 0.6 is 0 Å². The van der Waals surface area contributed by atoms with Crippen LogP contribution in [0.3, 0.4) is 0 Å². The molecule has 0 heterocycles. The van der Waals surface area contributed by atoms with E-state index in [1.165, 1.54) is 19.3 Å². The fourth-order valence-corrected chi connectivity index (χ4v) is 1.36. The Hall–Kier alpha value is -0.830. The van der Waals surface area contributed by atoms with Crippen LogP contribution in [0.4, 0.5) is 0 Å². The number of nitrogens with one attached hydrogen (secondary N) is 1. The molecule has 0 spiro atoms. The van der Waals surface area contributed by atoms with Gasteiger partial charge in [0.25, 0.3) is 0 Å². The first-order valence-electron chi connectivity index (χ1n) is 4.47. The Morgan fingerprint density at radius 1 is 1.67 bits per heavy atom. The van der Waals surface area contributed by atoms with Gasteiger partial charge in [-0.15, -0.1) is 0 Å². The maximum absolute atomic E-state index is 10.4. The second-order valence-electron chi connectivity index (χ2n) is 3.14. The van der Waals surface area contributed by atoms with Gasteiger partial charge in [-0.05, 0) is 19.3 Å². The number of carbonyl (C=O) groups excluding carboxylic acids is 1. The average molecular weight is 168 g/mol. The van der Waals surface area contributed by atoms with Crippen LogP contribution in [0, 0.1) is 0 Å². The van der Waals surface area contributed by atoms with Crippen LogP contribution in [-0.2, 0) is 4.79 Å². The van der Waals surface area contributed by atoms with Gasteiger partial charge in [-0.25, -0.2) is 0 Å². The van der Waals surface area contributed by atoms with Crippen molar-refractivity contribution in [2.75, 3.05) is 6.54 Å². The summed E-state index contributed by atoms with van der Waals surface area (Å²) in [5.41, 5.74) is 5.01. The van der Waals surface area contributed by atoms with Gasteiger partial charge in [-0.3, -0.25) is 4.79 Å². The lowest BCUT2D eigenvalue weighted by Crippen LogP contribution is -2.31. The fraction of sp³-hybridized carbons (Fsp3) is 0.667. The Labute approximate surface area is 73.0 Å². The van der Waals surface area contributed by atoms with E-state index in [9.17, 15) is 4.79 Å². The van der Waals surface area contributed by atoms with Crippen LogP contribution in [0.1, 0.15) is 25.7 Å². The normalized spacial score (nSPS) is 22.5. The highest BCUT2D eigenvalue weighted by molar-refractivity contribution is 5.73. The molecule has 0 aromatic heterocycles. The number of primary amides is 1. The van der Waals surface area contributed by atoms with E-state index in [1.54, 1.807) is 0 Å². The molecular weight excluding hydrogens is 152 g/mol. The minimum atomic E-state index is -0.234. The van der Waals surface area contributed by atoms with E-state index < -0.39 is 0 Å². The molecule has 68 valence electrons.